The molecule has 0 fully saturated rings. The molecule has 0 spiro atoms. The molecule has 1 aromatic rings. The molecule has 0 saturated carbocycles. The van der Waals surface area contributed by atoms with Crippen molar-refractivity contribution in [2.75, 3.05) is 0 Å². The van der Waals surface area contributed by atoms with E-state index in [4.69, 9.17) is 11.1 Å². The van der Waals surface area contributed by atoms with E-state index in [0.29, 0.717) is 10.4 Å². The summed E-state index contributed by atoms with van der Waals surface area (Å²) >= 11 is 3.05. The molecule has 1 aromatic carbocycles. The SMILES string of the molecule is N=C/C=C(\N=C(N)Br)c1ccccc1. The van der Waals surface area contributed by atoms with E-state index in [1.807, 2.05) is 30.3 Å². The van der Waals surface area contributed by atoms with Gasteiger partial charge < -0.3 is 11.1 Å². The summed E-state index contributed by atoms with van der Waals surface area (Å²) in [4.78, 5) is 4.06. The molecule has 0 atom stereocenters. The highest BCUT2D eigenvalue weighted by atomic mass is 79.9. The Morgan fingerprint density at radius 1 is 1.36 bits per heavy atom. The minimum Gasteiger partial charge on any atom is -0.378 e. The zero-order chi connectivity index (χ0) is 10.4. The Hall–Kier alpha value is -1.42. The fourth-order valence-electron chi connectivity index (χ4n) is 1.00. The van der Waals surface area contributed by atoms with Crippen LogP contribution >= 0.6 is 15.9 Å². The van der Waals surface area contributed by atoms with Crippen LogP contribution in [0, 0.1) is 5.41 Å². The second-order valence-electron chi connectivity index (χ2n) is 2.52. The topological polar surface area (TPSA) is 62.2 Å². The molecule has 0 unspecified atom stereocenters. The van der Waals surface area contributed by atoms with E-state index >= 15 is 0 Å². The fourth-order valence-corrected chi connectivity index (χ4v) is 1.19. The van der Waals surface area contributed by atoms with Gasteiger partial charge in [0.25, 0.3) is 0 Å². The normalized spacial score (nSPS) is 12.6. The number of rotatable bonds is 3. The molecule has 4 heteroatoms. The zero-order valence-electron chi connectivity index (χ0n) is 7.44. The Morgan fingerprint density at radius 3 is 2.50 bits per heavy atom. The smallest absolute Gasteiger partial charge is 0.168 e. The van der Waals surface area contributed by atoms with Crippen LogP contribution in [0.5, 0.6) is 0 Å². The first-order valence-corrected chi connectivity index (χ1v) is 4.79. The molecular formula is C10H10BrN3. The van der Waals surface area contributed by atoms with Gasteiger partial charge in [-0.05, 0) is 22.0 Å². The molecule has 0 aliphatic rings. The summed E-state index contributed by atoms with van der Waals surface area (Å²) in [5.41, 5.74) is 7.00. The van der Waals surface area contributed by atoms with Crippen molar-refractivity contribution < 1.29 is 0 Å². The predicted octanol–water partition coefficient (Wildman–Crippen LogP) is 2.39. The number of benzene rings is 1. The molecule has 0 bridgehead atoms. The lowest BCUT2D eigenvalue weighted by Gasteiger charge is -2.00. The van der Waals surface area contributed by atoms with Crippen LogP contribution in [0.25, 0.3) is 5.70 Å². The molecule has 0 saturated heterocycles. The molecule has 0 aliphatic carbocycles. The lowest BCUT2D eigenvalue weighted by atomic mass is 10.1. The van der Waals surface area contributed by atoms with Gasteiger partial charge in [0.2, 0.25) is 0 Å². The third-order valence-electron chi connectivity index (χ3n) is 1.54. The van der Waals surface area contributed by atoms with Crippen molar-refractivity contribution in [3.8, 4) is 0 Å². The summed E-state index contributed by atoms with van der Waals surface area (Å²) < 4.78 is 0.300. The van der Waals surface area contributed by atoms with Crippen LogP contribution in [0.2, 0.25) is 0 Å². The molecule has 14 heavy (non-hydrogen) atoms. The van der Waals surface area contributed by atoms with Crippen molar-refractivity contribution in [3.05, 3.63) is 42.0 Å². The fraction of sp³-hybridized carbons (Fsp3) is 0. The number of hydrogen-bond donors (Lipinski definition) is 2. The molecule has 72 valence electrons. The first-order valence-electron chi connectivity index (χ1n) is 4.00. The van der Waals surface area contributed by atoms with E-state index < -0.39 is 0 Å². The number of hydrogen-bond acceptors (Lipinski definition) is 2. The van der Waals surface area contributed by atoms with Crippen LogP contribution in [-0.4, -0.2) is 11.0 Å². The van der Waals surface area contributed by atoms with E-state index in [0.717, 1.165) is 5.56 Å². The highest BCUT2D eigenvalue weighted by Gasteiger charge is 1.97. The molecule has 3 nitrogen and oxygen atoms in total. The Kier molecular flexibility index (Phi) is 4.07. The Morgan fingerprint density at radius 2 is 2.00 bits per heavy atom. The number of aliphatic imine (C=N–C) groups is 1. The Bertz CT molecular complexity index is 364. The highest BCUT2D eigenvalue weighted by Crippen LogP contribution is 2.15. The standard InChI is InChI=1S/C10H10BrN3/c11-10(13)14-9(6-7-12)8-4-2-1-3-5-8/h1-7,12H,(H2,13,14)/b9-6-,12-7?. The largest absolute Gasteiger partial charge is 0.378 e. The van der Waals surface area contributed by atoms with E-state index in [-0.39, 0.29) is 0 Å². The van der Waals surface area contributed by atoms with E-state index in [1.165, 1.54) is 6.21 Å². The highest BCUT2D eigenvalue weighted by molar-refractivity contribution is 9.18. The quantitative estimate of drug-likeness (QED) is 0.484. The molecule has 0 aromatic heterocycles. The van der Waals surface area contributed by atoms with Crippen LogP contribution in [0.3, 0.4) is 0 Å². The summed E-state index contributed by atoms with van der Waals surface area (Å²) in [6.45, 7) is 0. The molecule has 0 heterocycles. The van der Waals surface area contributed by atoms with Crippen molar-refractivity contribution in [1.82, 2.24) is 0 Å². The summed E-state index contributed by atoms with van der Waals surface area (Å²) in [5, 5.41) is 7.00. The maximum absolute atomic E-state index is 7.00. The monoisotopic (exact) mass is 251 g/mol. The van der Waals surface area contributed by atoms with Crippen molar-refractivity contribution in [3.63, 3.8) is 0 Å². The van der Waals surface area contributed by atoms with Crippen LogP contribution < -0.4 is 5.73 Å². The van der Waals surface area contributed by atoms with E-state index in [9.17, 15) is 0 Å². The minimum atomic E-state index is 0.300. The van der Waals surface area contributed by atoms with Gasteiger partial charge in [0, 0.05) is 11.8 Å². The maximum Gasteiger partial charge on any atom is 0.168 e. The van der Waals surface area contributed by atoms with E-state index in [1.54, 1.807) is 6.08 Å². The van der Waals surface area contributed by atoms with Crippen LogP contribution in [0.4, 0.5) is 0 Å². The van der Waals surface area contributed by atoms with Crippen molar-refractivity contribution in [1.29, 1.82) is 5.41 Å². The van der Waals surface area contributed by atoms with Crippen LogP contribution in [-0.2, 0) is 0 Å². The number of nitrogens with zero attached hydrogens (tertiary/aromatic N) is 1. The maximum atomic E-state index is 7.00. The molecule has 0 radical (unpaired) electrons. The van der Waals surface area contributed by atoms with Crippen molar-refractivity contribution >= 4 is 32.6 Å². The zero-order valence-corrected chi connectivity index (χ0v) is 9.03. The Labute approximate surface area is 91.0 Å². The van der Waals surface area contributed by atoms with Gasteiger partial charge in [-0.25, -0.2) is 4.99 Å². The minimum absolute atomic E-state index is 0.300. The van der Waals surface area contributed by atoms with Gasteiger partial charge >= 0.3 is 0 Å². The van der Waals surface area contributed by atoms with Crippen molar-refractivity contribution in [2.24, 2.45) is 10.7 Å². The van der Waals surface area contributed by atoms with Gasteiger partial charge in [-0.3, -0.25) is 0 Å². The first kappa shape index (κ1) is 10.7. The van der Waals surface area contributed by atoms with Crippen LogP contribution in [0.1, 0.15) is 5.56 Å². The number of nitrogens with two attached hydrogens (primary N) is 1. The molecule has 0 amide bonds. The van der Waals surface area contributed by atoms with Gasteiger partial charge in [-0.15, -0.1) is 0 Å². The van der Waals surface area contributed by atoms with Crippen LogP contribution in [0.15, 0.2) is 41.4 Å². The van der Waals surface area contributed by atoms with Gasteiger partial charge in [0.1, 0.15) is 0 Å². The second kappa shape index (κ2) is 5.34. The molecular weight excluding hydrogens is 242 g/mol. The second-order valence-corrected chi connectivity index (χ2v) is 3.33. The average molecular weight is 252 g/mol. The Balaban J connectivity index is 3.08. The van der Waals surface area contributed by atoms with Gasteiger partial charge in [0.05, 0.1) is 5.70 Å². The number of nitrogens with one attached hydrogen (secondary N) is 1. The summed E-state index contributed by atoms with van der Waals surface area (Å²) in [7, 11) is 0. The van der Waals surface area contributed by atoms with Gasteiger partial charge in [0.15, 0.2) is 4.74 Å². The molecule has 3 N–H and O–H groups in total. The molecule has 0 aliphatic heterocycles. The predicted molar refractivity (Wildman–Crippen MR) is 63.8 cm³/mol. The first-order chi connectivity index (χ1) is 6.74. The number of halogens is 1. The average Bonchev–Trinajstić information content (AvgIpc) is 2.18. The lowest BCUT2D eigenvalue weighted by molar-refractivity contribution is 1.49. The van der Waals surface area contributed by atoms with E-state index in [2.05, 4.69) is 20.9 Å². The third kappa shape index (κ3) is 3.14. The summed E-state index contributed by atoms with van der Waals surface area (Å²) in [5.74, 6) is 0. The lowest BCUT2D eigenvalue weighted by Crippen LogP contribution is -2.01. The number of allylic oxidation sites excluding steroid dienone is 1. The third-order valence-corrected chi connectivity index (χ3v) is 1.72. The summed E-state index contributed by atoms with van der Waals surface area (Å²) in [6, 6.07) is 9.57. The van der Waals surface area contributed by atoms with Gasteiger partial charge in [-0.1, -0.05) is 30.3 Å². The molecule has 1 rings (SSSR count). The van der Waals surface area contributed by atoms with Crippen molar-refractivity contribution in [2.45, 2.75) is 0 Å². The summed E-state index contributed by atoms with van der Waals surface area (Å²) in [6.07, 6.45) is 2.77. The van der Waals surface area contributed by atoms with Gasteiger partial charge in [-0.2, -0.15) is 0 Å². The number of amidine groups is 1.